The molecule has 96 valence electrons. The highest BCUT2D eigenvalue weighted by Crippen LogP contribution is 2.23. The number of rotatable bonds is 5. The van der Waals surface area contributed by atoms with Gasteiger partial charge in [0, 0.05) is 24.5 Å². The zero-order valence-corrected chi connectivity index (χ0v) is 11.3. The van der Waals surface area contributed by atoms with Crippen molar-refractivity contribution in [2.75, 3.05) is 10.6 Å². The highest BCUT2D eigenvalue weighted by molar-refractivity contribution is 7.10. The van der Waals surface area contributed by atoms with E-state index in [2.05, 4.69) is 15.7 Å². The van der Waals surface area contributed by atoms with Crippen molar-refractivity contribution in [2.45, 2.75) is 26.9 Å². The van der Waals surface area contributed by atoms with Crippen molar-refractivity contribution in [3.05, 3.63) is 28.7 Å². The molecule has 0 bridgehead atoms. The van der Waals surface area contributed by atoms with Crippen molar-refractivity contribution in [2.24, 2.45) is 0 Å². The van der Waals surface area contributed by atoms with Crippen LogP contribution in [0.3, 0.4) is 0 Å². The minimum absolute atomic E-state index is 0.0477. The van der Waals surface area contributed by atoms with Crippen LogP contribution in [0.15, 0.2) is 23.8 Å². The minimum atomic E-state index is -0.0477. The largest absolute Gasteiger partial charge is 0.378 e. The Kier molecular flexibility index (Phi) is 3.99. The van der Waals surface area contributed by atoms with Gasteiger partial charge in [-0.05, 0) is 18.4 Å². The maximum Gasteiger partial charge on any atom is 0.221 e. The van der Waals surface area contributed by atoms with Gasteiger partial charge in [-0.25, -0.2) is 0 Å². The lowest BCUT2D eigenvalue weighted by Crippen LogP contribution is -2.08. The van der Waals surface area contributed by atoms with E-state index in [1.807, 2.05) is 29.2 Å². The summed E-state index contributed by atoms with van der Waals surface area (Å²) in [4.78, 5) is 12.1. The Bertz CT molecular complexity index is 532. The number of nitrogens with zero attached hydrogens (tertiary/aromatic N) is 2. The van der Waals surface area contributed by atoms with E-state index in [9.17, 15) is 4.79 Å². The standard InChI is InChI=1S/C12H16N4OS/c1-3-16-8-10(6-14-16)13-7-12-11(4-5-18-12)15-9(2)17/h4-6,8,13H,3,7H2,1-2H3,(H,15,17). The summed E-state index contributed by atoms with van der Waals surface area (Å²) in [6.45, 7) is 5.10. The Morgan fingerprint density at radius 2 is 2.39 bits per heavy atom. The van der Waals surface area contributed by atoms with E-state index in [-0.39, 0.29) is 5.91 Å². The van der Waals surface area contributed by atoms with E-state index >= 15 is 0 Å². The minimum Gasteiger partial charge on any atom is -0.378 e. The number of hydrogen-bond acceptors (Lipinski definition) is 4. The van der Waals surface area contributed by atoms with Crippen LogP contribution >= 0.6 is 11.3 Å². The number of thiophene rings is 1. The number of carbonyl (C=O) groups is 1. The number of amides is 1. The number of aryl methyl sites for hydroxylation is 1. The molecule has 0 aromatic carbocycles. The van der Waals surface area contributed by atoms with E-state index < -0.39 is 0 Å². The lowest BCUT2D eigenvalue weighted by molar-refractivity contribution is -0.114. The van der Waals surface area contributed by atoms with Crippen LogP contribution in [-0.2, 0) is 17.9 Å². The molecule has 2 aromatic heterocycles. The second kappa shape index (κ2) is 5.68. The molecule has 0 radical (unpaired) electrons. The Hall–Kier alpha value is -1.82. The molecule has 2 aromatic rings. The van der Waals surface area contributed by atoms with Gasteiger partial charge in [-0.15, -0.1) is 11.3 Å². The Balaban J connectivity index is 1.97. The summed E-state index contributed by atoms with van der Waals surface area (Å²) >= 11 is 1.62. The summed E-state index contributed by atoms with van der Waals surface area (Å²) in [7, 11) is 0. The first-order chi connectivity index (χ1) is 8.69. The molecule has 0 spiro atoms. The van der Waals surface area contributed by atoms with Crippen LogP contribution in [-0.4, -0.2) is 15.7 Å². The smallest absolute Gasteiger partial charge is 0.221 e. The Morgan fingerprint density at radius 1 is 1.56 bits per heavy atom. The third kappa shape index (κ3) is 3.10. The summed E-state index contributed by atoms with van der Waals surface area (Å²) in [5.41, 5.74) is 1.86. The summed E-state index contributed by atoms with van der Waals surface area (Å²) in [6.07, 6.45) is 3.76. The first kappa shape index (κ1) is 12.6. The van der Waals surface area contributed by atoms with Crippen LogP contribution in [0.25, 0.3) is 0 Å². The third-order valence-electron chi connectivity index (χ3n) is 2.47. The van der Waals surface area contributed by atoms with Gasteiger partial charge in [0.1, 0.15) is 0 Å². The predicted octanol–water partition coefficient (Wildman–Crippen LogP) is 2.54. The van der Waals surface area contributed by atoms with Crippen LogP contribution in [0, 0.1) is 0 Å². The molecule has 2 heterocycles. The zero-order valence-electron chi connectivity index (χ0n) is 10.4. The van der Waals surface area contributed by atoms with E-state index in [1.54, 1.807) is 17.5 Å². The van der Waals surface area contributed by atoms with Crippen molar-refractivity contribution in [1.29, 1.82) is 0 Å². The molecule has 0 unspecified atom stereocenters. The number of hydrogen-bond donors (Lipinski definition) is 2. The molecule has 0 aliphatic carbocycles. The molecule has 0 saturated carbocycles. The summed E-state index contributed by atoms with van der Waals surface area (Å²) in [6, 6.07) is 1.92. The molecule has 0 atom stereocenters. The van der Waals surface area contributed by atoms with E-state index in [0.29, 0.717) is 6.54 Å². The quantitative estimate of drug-likeness (QED) is 0.872. The Morgan fingerprint density at radius 3 is 3.06 bits per heavy atom. The molecule has 0 aliphatic rings. The highest BCUT2D eigenvalue weighted by Gasteiger charge is 2.06. The average Bonchev–Trinajstić information content (AvgIpc) is 2.94. The molecular formula is C12H16N4OS. The van der Waals surface area contributed by atoms with Crippen LogP contribution in [0.1, 0.15) is 18.7 Å². The lowest BCUT2D eigenvalue weighted by atomic mass is 10.3. The first-order valence-electron chi connectivity index (χ1n) is 5.79. The van der Waals surface area contributed by atoms with Gasteiger partial charge < -0.3 is 10.6 Å². The van der Waals surface area contributed by atoms with Gasteiger partial charge in [0.15, 0.2) is 0 Å². The molecule has 2 rings (SSSR count). The second-order valence-electron chi connectivity index (χ2n) is 3.88. The fourth-order valence-corrected chi connectivity index (χ4v) is 2.36. The second-order valence-corrected chi connectivity index (χ2v) is 4.88. The fraction of sp³-hybridized carbons (Fsp3) is 0.333. The van der Waals surface area contributed by atoms with Gasteiger partial charge >= 0.3 is 0 Å². The number of nitrogens with one attached hydrogen (secondary N) is 2. The average molecular weight is 264 g/mol. The molecule has 0 saturated heterocycles. The fourth-order valence-electron chi connectivity index (χ4n) is 1.59. The van der Waals surface area contributed by atoms with Crippen molar-refractivity contribution in [3.63, 3.8) is 0 Å². The summed E-state index contributed by atoms with van der Waals surface area (Å²) in [5, 5.41) is 12.3. The van der Waals surface area contributed by atoms with Crippen LogP contribution in [0.4, 0.5) is 11.4 Å². The number of carbonyl (C=O) groups excluding carboxylic acids is 1. The summed E-state index contributed by atoms with van der Waals surface area (Å²) < 4.78 is 1.87. The van der Waals surface area contributed by atoms with Crippen LogP contribution < -0.4 is 10.6 Å². The monoisotopic (exact) mass is 264 g/mol. The number of aromatic nitrogens is 2. The van der Waals surface area contributed by atoms with E-state index in [0.717, 1.165) is 22.8 Å². The first-order valence-corrected chi connectivity index (χ1v) is 6.67. The molecule has 5 nitrogen and oxygen atoms in total. The zero-order chi connectivity index (χ0) is 13.0. The Labute approximate surface area is 110 Å². The van der Waals surface area contributed by atoms with E-state index in [4.69, 9.17) is 0 Å². The van der Waals surface area contributed by atoms with Gasteiger partial charge in [-0.1, -0.05) is 0 Å². The van der Waals surface area contributed by atoms with Crippen molar-refractivity contribution < 1.29 is 4.79 Å². The van der Waals surface area contributed by atoms with Gasteiger partial charge in [0.2, 0.25) is 5.91 Å². The molecule has 6 heteroatoms. The van der Waals surface area contributed by atoms with Gasteiger partial charge in [0.25, 0.3) is 0 Å². The summed E-state index contributed by atoms with van der Waals surface area (Å²) in [5.74, 6) is -0.0477. The normalized spacial score (nSPS) is 10.3. The molecular weight excluding hydrogens is 248 g/mol. The van der Waals surface area contributed by atoms with Crippen molar-refractivity contribution in [1.82, 2.24) is 9.78 Å². The topological polar surface area (TPSA) is 59.0 Å². The molecule has 18 heavy (non-hydrogen) atoms. The molecule has 0 fully saturated rings. The van der Waals surface area contributed by atoms with E-state index in [1.165, 1.54) is 6.92 Å². The lowest BCUT2D eigenvalue weighted by Gasteiger charge is -2.05. The van der Waals surface area contributed by atoms with Crippen molar-refractivity contribution in [3.8, 4) is 0 Å². The highest BCUT2D eigenvalue weighted by atomic mass is 32.1. The van der Waals surface area contributed by atoms with Gasteiger partial charge in [0.05, 0.1) is 24.1 Å². The third-order valence-corrected chi connectivity index (χ3v) is 3.39. The van der Waals surface area contributed by atoms with Gasteiger partial charge in [-0.3, -0.25) is 9.48 Å². The SMILES string of the molecule is CCn1cc(NCc2sccc2NC(C)=O)cn1. The maximum atomic E-state index is 11.0. The molecule has 1 amide bonds. The molecule has 0 aliphatic heterocycles. The number of anilines is 2. The van der Waals surface area contributed by atoms with Crippen LogP contribution in [0.2, 0.25) is 0 Å². The van der Waals surface area contributed by atoms with Gasteiger partial charge in [-0.2, -0.15) is 5.10 Å². The molecule has 2 N–H and O–H groups in total. The maximum absolute atomic E-state index is 11.0. The predicted molar refractivity (Wildman–Crippen MR) is 73.9 cm³/mol. The van der Waals surface area contributed by atoms with Crippen LogP contribution in [0.5, 0.6) is 0 Å². The van der Waals surface area contributed by atoms with Crippen molar-refractivity contribution >= 4 is 28.6 Å².